The van der Waals surface area contributed by atoms with Crippen LogP contribution in [0.2, 0.25) is 0 Å². The number of carboxylic acids is 1. The summed E-state index contributed by atoms with van der Waals surface area (Å²) in [5.74, 6) is -1.57. The molecule has 0 aliphatic rings. The average Bonchev–Trinajstić information content (AvgIpc) is 2.14. The molecule has 0 aromatic carbocycles. The molecular weight excluding hydrogens is 216 g/mol. The van der Waals surface area contributed by atoms with Crippen molar-refractivity contribution in [1.82, 2.24) is 10.6 Å². The SMILES string of the molecule is CC(C)CNC(=O)NC(=O)COCC(=O)O. The van der Waals surface area contributed by atoms with E-state index in [0.29, 0.717) is 6.54 Å². The van der Waals surface area contributed by atoms with Gasteiger partial charge in [-0.25, -0.2) is 9.59 Å². The van der Waals surface area contributed by atoms with Crippen molar-refractivity contribution < 1.29 is 24.2 Å². The smallest absolute Gasteiger partial charge is 0.329 e. The minimum atomic E-state index is -1.17. The summed E-state index contributed by atoms with van der Waals surface area (Å²) in [6.45, 7) is 3.26. The molecule has 0 fully saturated rings. The van der Waals surface area contributed by atoms with Gasteiger partial charge in [-0.15, -0.1) is 0 Å². The highest BCUT2D eigenvalue weighted by Gasteiger charge is 2.08. The lowest BCUT2D eigenvalue weighted by molar-refractivity contribution is -0.143. The first kappa shape index (κ1) is 14.4. The lowest BCUT2D eigenvalue weighted by Crippen LogP contribution is -2.42. The Morgan fingerprint density at radius 1 is 1.25 bits per heavy atom. The number of ether oxygens (including phenoxy) is 1. The molecule has 0 radical (unpaired) electrons. The Labute approximate surface area is 93.2 Å². The van der Waals surface area contributed by atoms with Gasteiger partial charge in [0, 0.05) is 6.54 Å². The third-order valence-corrected chi connectivity index (χ3v) is 1.38. The summed E-state index contributed by atoms with van der Waals surface area (Å²) in [6.07, 6.45) is 0. The molecule has 0 saturated heterocycles. The van der Waals surface area contributed by atoms with E-state index in [1.807, 2.05) is 19.2 Å². The van der Waals surface area contributed by atoms with Crippen molar-refractivity contribution in [3.63, 3.8) is 0 Å². The normalized spacial score (nSPS) is 9.94. The zero-order chi connectivity index (χ0) is 12.6. The summed E-state index contributed by atoms with van der Waals surface area (Å²) in [4.78, 5) is 32.1. The van der Waals surface area contributed by atoms with Crippen molar-refractivity contribution >= 4 is 17.9 Å². The Kier molecular flexibility index (Phi) is 6.86. The van der Waals surface area contributed by atoms with Crippen LogP contribution in [-0.4, -0.2) is 42.8 Å². The molecule has 3 N–H and O–H groups in total. The first-order valence-electron chi connectivity index (χ1n) is 4.79. The summed E-state index contributed by atoms with van der Waals surface area (Å²) < 4.78 is 4.49. The van der Waals surface area contributed by atoms with Gasteiger partial charge >= 0.3 is 12.0 Å². The van der Waals surface area contributed by atoms with E-state index in [1.165, 1.54) is 0 Å². The molecule has 0 rings (SSSR count). The Balaban J connectivity index is 3.62. The van der Waals surface area contributed by atoms with Crippen LogP contribution in [0.1, 0.15) is 13.8 Å². The minimum Gasteiger partial charge on any atom is -0.480 e. The molecule has 0 atom stereocenters. The summed E-state index contributed by atoms with van der Waals surface area (Å²) in [6, 6.07) is -0.613. The maximum atomic E-state index is 11.0. The minimum absolute atomic E-state index is 0.282. The highest BCUT2D eigenvalue weighted by Crippen LogP contribution is 1.86. The maximum Gasteiger partial charge on any atom is 0.329 e. The number of carbonyl (C=O) groups is 3. The van der Waals surface area contributed by atoms with Crippen LogP contribution >= 0.6 is 0 Å². The van der Waals surface area contributed by atoms with E-state index >= 15 is 0 Å². The van der Waals surface area contributed by atoms with Crippen molar-refractivity contribution in [1.29, 1.82) is 0 Å². The van der Waals surface area contributed by atoms with Crippen molar-refractivity contribution in [2.24, 2.45) is 5.92 Å². The topological polar surface area (TPSA) is 105 Å². The van der Waals surface area contributed by atoms with Gasteiger partial charge in [0.25, 0.3) is 5.91 Å². The van der Waals surface area contributed by atoms with Crippen molar-refractivity contribution in [2.75, 3.05) is 19.8 Å². The first-order valence-corrected chi connectivity index (χ1v) is 4.79. The second-order valence-corrected chi connectivity index (χ2v) is 3.54. The molecule has 0 bridgehead atoms. The van der Waals surface area contributed by atoms with Gasteiger partial charge in [0.05, 0.1) is 0 Å². The number of carbonyl (C=O) groups excluding carboxylic acids is 2. The quantitative estimate of drug-likeness (QED) is 0.576. The van der Waals surface area contributed by atoms with Crippen LogP contribution < -0.4 is 10.6 Å². The second-order valence-electron chi connectivity index (χ2n) is 3.54. The third kappa shape index (κ3) is 8.95. The molecule has 0 aliphatic heterocycles. The Bertz CT molecular complexity index is 265. The first-order chi connectivity index (χ1) is 7.41. The second kappa shape index (κ2) is 7.63. The van der Waals surface area contributed by atoms with Crippen molar-refractivity contribution in [3.05, 3.63) is 0 Å². The lowest BCUT2D eigenvalue weighted by atomic mass is 10.2. The van der Waals surface area contributed by atoms with E-state index in [0.717, 1.165) is 0 Å². The molecule has 92 valence electrons. The van der Waals surface area contributed by atoms with Gasteiger partial charge in [0.15, 0.2) is 0 Å². The Morgan fingerprint density at radius 2 is 1.88 bits per heavy atom. The van der Waals surface area contributed by atoms with Crippen LogP contribution in [0.3, 0.4) is 0 Å². The summed E-state index contributed by atoms with van der Waals surface area (Å²) in [5.41, 5.74) is 0. The molecule has 7 heteroatoms. The number of hydrogen-bond donors (Lipinski definition) is 3. The number of carboxylic acid groups (broad SMARTS) is 1. The van der Waals surface area contributed by atoms with E-state index in [-0.39, 0.29) is 5.92 Å². The van der Waals surface area contributed by atoms with Crippen LogP contribution in [0.25, 0.3) is 0 Å². The van der Waals surface area contributed by atoms with E-state index in [1.54, 1.807) is 0 Å². The molecule has 0 spiro atoms. The predicted octanol–water partition coefficient (Wildman–Crippen LogP) is -0.431. The van der Waals surface area contributed by atoms with Gasteiger partial charge in [-0.1, -0.05) is 13.8 Å². The van der Waals surface area contributed by atoms with Crippen LogP contribution in [0.15, 0.2) is 0 Å². The van der Waals surface area contributed by atoms with E-state index in [9.17, 15) is 14.4 Å². The fraction of sp³-hybridized carbons (Fsp3) is 0.667. The molecule has 16 heavy (non-hydrogen) atoms. The van der Waals surface area contributed by atoms with Crippen LogP contribution in [-0.2, 0) is 14.3 Å². The van der Waals surface area contributed by atoms with Gasteiger partial charge in [-0.3, -0.25) is 10.1 Å². The van der Waals surface area contributed by atoms with Gasteiger partial charge in [0.2, 0.25) is 0 Å². The van der Waals surface area contributed by atoms with Crippen molar-refractivity contribution in [2.45, 2.75) is 13.8 Å². The number of urea groups is 1. The number of nitrogens with one attached hydrogen (secondary N) is 2. The molecular formula is C9H16N2O5. The zero-order valence-electron chi connectivity index (χ0n) is 9.28. The fourth-order valence-corrected chi connectivity index (χ4v) is 0.735. The van der Waals surface area contributed by atoms with Gasteiger partial charge in [0.1, 0.15) is 13.2 Å². The van der Waals surface area contributed by atoms with Gasteiger partial charge in [-0.2, -0.15) is 0 Å². The number of aliphatic carboxylic acids is 1. The molecule has 0 saturated carbocycles. The van der Waals surface area contributed by atoms with Gasteiger partial charge in [-0.05, 0) is 5.92 Å². The molecule has 0 unspecified atom stereocenters. The molecule has 0 heterocycles. The van der Waals surface area contributed by atoms with Gasteiger partial charge < -0.3 is 15.2 Å². The van der Waals surface area contributed by atoms with Crippen molar-refractivity contribution in [3.8, 4) is 0 Å². The number of hydrogen-bond acceptors (Lipinski definition) is 4. The molecule has 7 nitrogen and oxygen atoms in total. The average molecular weight is 232 g/mol. The summed E-state index contributed by atoms with van der Waals surface area (Å²) in [5, 5.41) is 12.7. The summed E-state index contributed by atoms with van der Waals surface area (Å²) in [7, 11) is 0. The standard InChI is InChI=1S/C9H16N2O5/c1-6(2)3-10-9(15)11-7(12)4-16-5-8(13)14/h6H,3-5H2,1-2H3,(H,13,14)(H2,10,11,12,15). The fourth-order valence-electron chi connectivity index (χ4n) is 0.735. The highest BCUT2D eigenvalue weighted by molar-refractivity contribution is 5.94. The number of rotatable bonds is 6. The van der Waals surface area contributed by atoms with E-state index in [4.69, 9.17) is 5.11 Å². The largest absolute Gasteiger partial charge is 0.480 e. The number of imide groups is 1. The summed E-state index contributed by atoms with van der Waals surface area (Å²) >= 11 is 0. The molecule has 0 aromatic rings. The van der Waals surface area contributed by atoms with E-state index in [2.05, 4.69) is 10.1 Å². The predicted molar refractivity (Wildman–Crippen MR) is 54.8 cm³/mol. The highest BCUT2D eigenvalue weighted by atomic mass is 16.5. The number of amides is 3. The maximum absolute atomic E-state index is 11.0. The monoisotopic (exact) mass is 232 g/mol. The zero-order valence-corrected chi connectivity index (χ0v) is 9.28. The van der Waals surface area contributed by atoms with Crippen LogP contribution in [0, 0.1) is 5.92 Å². The lowest BCUT2D eigenvalue weighted by Gasteiger charge is -2.08. The molecule has 0 aromatic heterocycles. The molecule has 3 amide bonds. The third-order valence-electron chi connectivity index (χ3n) is 1.38. The Hall–Kier alpha value is -1.63. The van der Waals surface area contributed by atoms with Crippen LogP contribution in [0.4, 0.5) is 4.79 Å². The Morgan fingerprint density at radius 3 is 2.38 bits per heavy atom. The van der Waals surface area contributed by atoms with Crippen LogP contribution in [0.5, 0.6) is 0 Å². The molecule has 0 aliphatic carbocycles. The van der Waals surface area contributed by atoms with E-state index < -0.39 is 31.1 Å².